The Kier molecular flexibility index (Phi) is 3.00. The van der Waals surface area contributed by atoms with Gasteiger partial charge in [0.2, 0.25) is 5.91 Å². The summed E-state index contributed by atoms with van der Waals surface area (Å²) in [4.78, 5) is 27.9. The van der Waals surface area contributed by atoms with Crippen LogP contribution < -0.4 is 0 Å². The third kappa shape index (κ3) is 2.34. The van der Waals surface area contributed by atoms with E-state index >= 15 is 0 Å². The lowest BCUT2D eigenvalue weighted by Gasteiger charge is -2.34. The summed E-state index contributed by atoms with van der Waals surface area (Å²) >= 11 is 0. The number of nitrogens with zero attached hydrogens (tertiary/aromatic N) is 3. The zero-order valence-corrected chi connectivity index (χ0v) is 11.1. The summed E-state index contributed by atoms with van der Waals surface area (Å²) in [5.74, 6) is 0.537. The van der Waals surface area contributed by atoms with Gasteiger partial charge < -0.3 is 9.80 Å². The molecule has 0 aromatic carbocycles. The van der Waals surface area contributed by atoms with Gasteiger partial charge in [-0.1, -0.05) is 0 Å². The van der Waals surface area contributed by atoms with Crippen molar-refractivity contribution in [1.29, 1.82) is 0 Å². The molecule has 1 aromatic heterocycles. The lowest BCUT2D eigenvalue weighted by atomic mass is 10.2. The second-order valence-corrected chi connectivity index (χ2v) is 5.30. The Morgan fingerprint density at radius 2 is 1.84 bits per heavy atom. The fourth-order valence-corrected chi connectivity index (χ4v) is 2.46. The first-order valence-corrected chi connectivity index (χ1v) is 6.75. The van der Waals surface area contributed by atoms with Crippen LogP contribution >= 0.6 is 0 Å². The second kappa shape index (κ2) is 4.68. The Labute approximate surface area is 111 Å². The standard InChI is InChI=1S/C13H18N4O2/c1-9-11(8-14-15-9)13(19)17-6-4-16(5-7-17)12(18)10-2-3-10/h8,10H,2-7H2,1H3,(H,14,15). The molecule has 1 aliphatic heterocycles. The molecule has 2 aliphatic rings. The molecule has 6 heteroatoms. The van der Waals surface area contributed by atoms with Gasteiger partial charge >= 0.3 is 0 Å². The molecule has 2 heterocycles. The number of piperazine rings is 1. The van der Waals surface area contributed by atoms with E-state index in [1.165, 1.54) is 0 Å². The van der Waals surface area contributed by atoms with Crippen molar-refractivity contribution in [1.82, 2.24) is 20.0 Å². The van der Waals surface area contributed by atoms with Crippen LogP contribution in [0.2, 0.25) is 0 Å². The minimum atomic E-state index is 0.00442. The van der Waals surface area contributed by atoms with Crippen LogP contribution in [0.3, 0.4) is 0 Å². The van der Waals surface area contributed by atoms with Crippen molar-refractivity contribution >= 4 is 11.8 Å². The van der Waals surface area contributed by atoms with Crippen LogP contribution in [-0.4, -0.2) is 58.0 Å². The summed E-state index contributed by atoms with van der Waals surface area (Å²) in [7, 11) is 0. The lowest BCUT2D eigenvalue weighted by Crippen LogP contribution is -2.51. The number of H-pyrrole nitrogens is 1. The minimum Gasteiger partial charge on any atom is -0.339 e. The highest BCUT2D eigenvalue weighted by Gasteiger charge is 2.35. The van der Waals surface area contributed by atoms with Crippen molar-refractivity contribution < 1.29 is 9.59 Å². The number of nitrogens with one attached hydrogen (secondary N) is 1. The van der Waals surface area contributed by atoms with Crippen LogP contribution in [0.1, 0.15) is 28.9 Å². The Hall–Kier alpha value is -1.85. The SMILES string of the molecule is Cc1[nH]ncc1C(=O)N1CCN(C(=O)C2CC2)CC1. The summed E-state index contributed by atoms with van der Waals surface area (Å²) in [5, 5.41) is 6.65. The first-order chi connectivity index (χ1) is 9.16. The first-order valence-electron chi connectivity index (χ1n) is 6.75. The van der Waals surface area contributed by atoms with Gasteiger partial charge in [-0.25, -0.2) is 0 Å². The molecule has 1 aromatic rings. The molecule has 1 aliphatic carbocycles. The van der Waals surface area contributed by atoms with Gasteiger partial charge in [0, 0.05) is 37.8 Å². The van der Waals surface area contributed by atoms with Crippen LogP contribution in [0.5, 0.6) is 0 Å². The molecule has 2 fully saturated rings. The van der Waals surface area contributed by atoms with E-state index in [-0.39, 0.29) is 17.7 Å². The molecule has 3 rings (SSSR count). The summed E-state index contributed by atoms with van der Waals surface area (Å²) in [6.45, 7) is 4.37. The number of hydrogen-bond acceptors (Lipinski definition) is 3. The van der Waals surface area contributed by atoms with E-state index in [2.05, 4.69) is 10.2 Å². The number of aromatic amines is 1. The molecule has 0 radical (unpaired) electrons. The maximum atomic E-state index is 12.3. The number of aromatic nitrogens is 2. The van der Waals surface area contributed by atoms with Gasteiger partial charge in [0.15, 0.2) is 0 Å². The van der Waals surface area contributed by atoms with Crippen molar-refractivity contribution in [3.63, 3.8) is 0 Å². The van der Waals surface area contributed by atoms with Crippen molar-refractivity contribution in [2.75, 3.05) is 26.2 Å². The van der Waals surface area contributed by atoms with Crippen LogP contribution in [0.4, 0.5) is 0 Å². The molecular weight excluding hydrogens is 244 g/mol. The van der Waals surface area contributed by atoms with Gasteiger partial charge in [0.05, 0.1) is 11.8 Å². The normalized spacial score (nSPS) is 19.6. The molecule has 6 nitrogen and oxygen atoms in total. The zero-order chi connectivity index (χ0) is 13.4. The fraction of sp³-hybridized carbons (Fsp3) is 0.615. The maximum Gasteiger partial charge on any atom is 0.257 e. The largest absolute Gasteiger partial charge is 0.339 e. The van der Waals surface area contributed by atoms with Gasteiger partial charge in [-0.05, 0) is 19.8 Å². The van der Waals surface area contributed by atoms with Crippen molar-refractivity contribution in [3.05, 3.63) is 17.5 Å². The average Bonchev–Trinajstić information content (AvgIpc) is 3.20. The van der Waals surface area contributed by atoms with Crippen molar-refractivity contribution in [3.8, 4) is 0 Å². The van der Waals surface area contributed by atoms with E-state index in [0.29, 0.717) is 31.7 Å². The number of amides is 2. The fourth-order valence-electron chi connectivity index (χ4n) is 2.46. The van der Waals surface area contributed by atoms with Gasteiger partial charge in [-0.3, -0.25) is 14.7 Å². The molecule has 102 valence electrons. The maximum absolute atomic E-state index is 12.3. The van der Waals surface area contributed by atoms with Crippen LogP contribution in [-0.2, 0) is 4.79 Å². The number of carbonyl (C=O) groups is 2. The Morgan fingerprint density at radius 3 is 2.37 bits per heavy atom. The number of aryl methyl sites for hydroxylation is 1. The molecule has 19 heavy (non-hydrogen) atoms. The predicted molar refractivity (Wildman–Crippen MR) is 68.5 cm³/mol. The van der Waals surface area contributed by atoms with Crippen molar-refractivity contribution in [2.24, 2.45) is 5.92 Å². The highest BCUT2D eigenvalue weighted by Crippen LogP contribution is 2.31. The van der Waals surface area contributed by atoms with Crippen molar-refractivity contribution in [2.45, 2.75) is 19.8 Å². The Morgan fingerprint density at radius 1 is 1.21 bits per heavy atom. The Bertz CT molecular complexity index is 498. The van der Waals surface area contributed by atoms with E-state index in [1.807, 2.05) is 11.8 Å². The molecule has 0 unspecified atom stereocenters. The van der Waals surface area contributed by atoms with Gasteiger partial charge in [-0.15, -0.1) is 0 Å². The summed E-state index contributed by atoms with van der Waals surface area (Å²) < 4.78 is 0. The first kappa shape index (κ1) is 12.2. The van der Waals surface area contributed by atoms with Crippen LogP contribution in [0.15, 0.2) is 6.20 Å². The quantitative estimate of drug-likeness (QED) is 0.839. The topological polar surface area (TPSA) is 69.3 Å². The number of hydrogen-bond donors (Lipinski definition) is 1. The van der Waals surface area contributed by atoms with Gasteiger partial charge in [0.25, 0.3) is 5.91 Å². The molecule has 1 N–H and O–H groups in total. The Balaban J connectivity index is 1.59. The molecule has 1 saturated carbocycles. The van der Waals surface area contributed by atoms with Crippen LogP contribution in [0, 0.1) is 12.8 Å². The van der Waals surface area contributed by atoms with Gasteiger partial charge in [-0.2, -0.15) is 5.10 Å². The van der Waals surface area contributed by atoms with E-state index in [9.17, 15) is 9.59 Å². The number of rotatable bonds is 2. The average molecular weight is 262 g/mol. The summed E-state index contributed by atoms with van der Waals surface area (Å²) in [6.07, 6.45) is 3.64. The third-order valence-corrected chi connectivity index (χ3v) is 3.87. The van der Waals surface area contributed by atoms with E-state index in [0.717, 1.165) is 18.5 Å². The predicted octanol–water partition coefficient (Wildman–Crippen LogP) is 0.413. The number of carbonyl (C=O) groups excluding carboxylic acids is 2. The molecule has 0 bridgehead atoms. The zero-order valence-electron chi connectivity index (χ0n) is 11.1. The molecule has 2 amide bonds. The van der Waals surface area contributed by atoms with E-state index < -0.39 is 0 Å². The minimum absolute atomic E-state index is 0.00442. The van der Waals surface area contributed by atoms with E-state index in [1.54, 1.807) is 11.1 Å². The molecule has 1 saturated heterocycles. The molecule has 0 spiro atoms. The molecular formula is C13H18N4O2. The second-order valence-electron chi connectivity index (χ2n) is 5.30. The van der Waals surface area contributed by atoms with Gasteiger partial charge in [0.1, 0.15) is 0 Å². The summed E-state index contributed by atoms with van der Waals surface area (Å²) in [6, 6.07) is 0. The highest BCUT2D eigenvalue weighted by atomic mass is 16.2. The van der Waals surface area contributed by atoms with E-state index in [4.69, 9.17) is 0 Å². The molecule has 0 atom stereocenters. The highest BCUT2D eigenvalue weighted by molar-refractivity contribution is 5.95. The third-order valence-electron chi connectivity index (χ3n) is 3.87. The smallest absolute Gasteiger partial charge is 0.257 e. The lowest BCUT2D eigenvalue weighted by molar-refractivity contribution is -0.134. The van der Waals surface area contributed by atoms with Crippen LogP contribution in [0.25, 0.3) is 0 Å². The summed E-state index contributed by atoms with van der Waals surface area (Å²) in [5.41, 5.74) is 1.42. The monoisotopic (exact) mass is 262 g/mol.